The first-order valence-corrected chi connectivity index (χ1v) is 3.53. The predicted octanol–water partition coefficient (Wildman–Crippen LogP) is 1.91. The largest absolute Gasteiger partial charge is 0.504 e. The van der Waals surface area contributed by atoms with Crippen molar-refractivity contribution in [1.82, 2.24) is 0 Å². The quantitative estimate of drug-likeness (QED) is 0.433. The third-order valence-electron chi connectivity index (χ3n) is 1.17. The van der Waals surface area contributed by atoms with Gasteiger partial charge in [-0.1, -0.05) is 13.3 Å². The van der Waals surface area contributed by atoms with Crippen LogP contribution in [0.5, 0.6) is 0 Å². The summed E-state index contributed by atoms with van der Waals surface area (Å²) in [6, 6.07) is 0. The van der Waals surface area contributed by atoms with Gasteiger partial charge in [-0.3, -0.25) is 4.79 Å². The van der Waals surface area contributed by atoms with Crippen LogP contribution in [-0.4, -0.2) is 12.9 Å². The van der Waals surface area contributed by atoms with Gasteiger partial charge < -0.3 is 4.74 Å². The van der Waals surface area contributed by atoms with Gasteiger partial charge in [0.05, 0.1) is 13.4 Å². The molecule has 0 fully saturated rings. The average Bonchev–Trinajstić information content (AvgIpc) is 1.97. The van der Waals surface area contributed by atoms with Crippen molar-refractivity contribution in [2.45, 2.75) is 26.2 Å². The van der Waals surface area contributed by atoms with E-state index in [4.69, 9.17) is 0 Å². The van der Waals surface area contributed by atoms with Gasteiger partial charge in [0.15, 0.2) is 5.78 Å². The summed E-state index contributed by atoms with van der Waals surface area (Å²) in [5, 5.41) is 0. The molecule has 2 heteroatoms. The zero-order chi connectivity index (χ0) is 7.82. The Morgan fingerprint density at radius 1 is 1.60 bits per heavy atom. The van der Waals surface area contributed by atoms with Gasteiger partial charge in [-0.2, -0.15) is 0 Å². The molecule has 0 bridgehead atoms. The number of hydrogen-bond acceptors (Lipinski definition) is 2. The summed E-state index contributed by atoms with van der Waals surface area (Å²) in [5.74, 6) is 0.142. The van der Waals surface area contributed by atoms with Gasteiger partial charge in [-0.15, -0.1) is 0 Å². The Bertz CT molecular complexity index is 116. The highest BCUT2D eigenvalue weighted by Crippen LogP contribution is 1.95. The lowest BCUT2D eigenvalue weighted by molar-refractivity contribution is -0.114. The van der Waals surface area contributed by atoms with Crippen LogP contribution in [-0.2, 0) is 9.53 Å². The van der Waals surface area contributed by atoms with Crippen molar-refractivity contribution >= 4 is 5.78 Å². The highest BCUT2D eigenvalue weighted by molar-refractivity contribution is 5.89. The molecule has 0 rings (SSSR count). The van der Waals surface area contributed by atoms with Crippen LogP contribution in [0, 0.1) is 0 Å². The normalized spacial score (nSPS) is 10.2. The summed E-state index contributed by atoms with van der Waals surface area (Å²) in [6.45, 7) is 2.06. The third-order valence-corrected chi connectivity index (χ3v) is 1.17. The summed E-state index contributed by atoms with van der Waals surface area (Å²) in [7, 11) is 1.53. The molecule has 0 aromatic carbocycles. The number of rotatable bonds is 5. The lowest BCUT2D eigenvalue weighted by Crippen LogP contribution is -1.91. The molecule has 0 spiro atoms. The molecule has 0 aliphatic rings. The van der Waals surface area contributed by atoms with Gasteiger partial charge in [0, 0.05) is 12.5 Å². The van der Waals surface area contributed by atoms with Gasteiger partial charge in [-0.05, 0) is 6.42 Å². The molecule has 58 valence electrons. The average molecular weight is 142 g/mol. The minimum absolute atomic E-state index is 0.142. The minimum atomic E-state index is 0.142. The van der Waals surface area contributed by atoms with E-state index in [1.807, 2.05) is 0 Å². The summed E-state index contributed by atoms with van der Waals surface area (Å²) in [5.41, 5.74) is 0. The molecular weight excluding hydrogens is 128 g/mol. The lowest BCUT2D eigenvalue weighted by atomic mass is 10.2. The smallest absolute Gasteiger partial charge is 0.158 e. The minimum Gasteiger partial charge on any atom is -0.504 e. The highest BCUT2D eigenvalue weighted by atomic mass is 16.5. The van der Waals surface area contributed by atoms with E-state index >= 15 is 0 Å². The maximum atomic E-state index is 10.8. The van der Waals surface area contributed by atoms with Crippen LogP contribution in [0.2, 0.25) is 0 Å². The number of carbonyl (C=O) groups is 1. The van der Waals surface area contributed by atoms with Gasteiger partial charge in [0.25, 0.3) is 0 Å². The fraction of sp³-hybridized carbons (Fsp3) is 0.625. The Morgan fingerprint density at radius 2 is 2.30 bits per heavy atom. The van der Waals surface area contributed by atoms with Crippen LogP contribution in [0.4, 0.5) is 0 Å². The van der Waals surface area contributed by atoms with E-state index in [0.717, 1.165) is 12.8 Å². The molecule has 0 saturated carbocycles. The fourth-order valence-electron chi connectivity index (χ4n) is 0.578. The molecule has 0 saturated heterocycles. The topological polar surface area (TPSA) is 26.3 Å². The number of methoxy groups -OCH3 is 1. The Labute approximate surface area is 61.9 Å². The van der Waals surface area contributed by atoms with Crippen molar-refractivity contribution in [2.75, 3.05) is 7.11 Å². The Morgan fingerprint density at radius 3 is 2.80 bits per heavy atom. The Balaban J connectivity index is 3.34. The molecule has 0 aliphatic carbocycles. The lowest BCUT2D eigenvalue weighted by Gasteiger charge is -1.90. The second kappa shape index (κ2) is 6.33. The molecule has 10 heavy (non-hydrogen) atoms. The molecule has 0 radical (unpaired) electrons. The monoisotopic (exact) mass is 142 g/mol. The molecular formula is C8H14O2. The fourth-order valence-corrected chi connectivity index (χ4v) is 0.578. The molecule has 0 amide bonds. The van der Waals surface area contributed by atoms with Crippen LogP contribution in [0.3, 0.4) is 0 Å². The van der Waals surface area contributed by atoms with E-state index in [1.54, 1.807) is 0 Å². The van der Waals surface area contributed by atoms with Crippen molar-refractivity contribution in [2.24, 2.45) is 0 Å². The molecule has 0 N–H and O–H groups in total. The van der Waals surface area contributed by atoms with Crippen molar-refractivity contribution in [3.05, 3.63) is 12.3 Å². The number of ether oxygens (including phenoxy) is 1. The molecule has 0 unspecified atom stereocenters. The maximum Gasteiger partial charge on any atom is 0.158 e. The number of unbranched alkanes of at least 4 members (excludes halogenated alkanes) is 1. The van der Waals surface area contributed by atoms with Gasteiger partial charge in [0.2, 0.25) is 0 Å². The van der Waals surface area contributed by atoms with Crippen molar-refractivity contribution in [1.29, 1.82) is 0 Å². The van der Waals surface area contributed by atoms with E-state index in [2.05, 4.69) is 11.7 Å². The predicted molar refractivity (Wildman–Crippen MR) is 40.7 cm³/mol. The van der Waals surface area contributed by atoms with Crippen LogP contribution in [0.15, 0.2) is 12.3 Å². The van der Waals surface area contributed by atoms with Crippen LogP contribution >= 0.6 is 0 Å². The SMILES string of the molecule is CCCCC(=O)/C=C/OC. The Kier molecular flexibility index (Phi) is 5.83. The maximum absolute atomic E-state index is 10.8. The van der Waals surface area contributed by atoms with Crippen molar-refractivity contribution in [3.63, 3.8) is 0 Å². The number of carbonyl (C=O) groups excluding carboxylic acids is 1. The standard InChI is InChI=1S/C8H14O2/c1-3-4-5-8(9)6-7-10-2/h6-7H,3-5H2,1-2H3/b7-6+. The van der Waals surface area contributed by atoms with Crippen LogP contribution in [0.25, 0.3) is 0 Å². The zero-order valence-corrected chi connectivity index (χ0v) is 6.59. The van der Waals surface area contributed by atoms with Crippen LogP contribution in [0.1, 0.15) is 26.2 Å². The zero-order valence-electron chi connectivity index (χ0n) is 6.59. The molecule has 2 nitrogen and oxygen atoms in total. The first kappa shape index (κ1) is 9.21. The molecule has 0 aliphatic heterocycles. The van der Waals surface area contributed by atoms with E-state index < -0.39 is 0 Å². The summed E-state index contributed by atoms with van der Waals surface area (Å²) in [4.78, 5) is 10.8. The van der Waals surface area contributed by atoms with E-state index in [0.29, 0.717) is 6.42 Å². The van der Waals surface area contributed by atoms with Gasteiger partial charge in [-0.25, -0.2) is 0 Å². The number of ketones is 1. The van der Waals surface area contributed by atoms with Gasteiger partial charge in [0.1, 0.15) is 0 Å². The second-order valence-electron chi connectivity index (χ2n) is 2.11. The molecule has 0 aromatic heterocycles. The van der Waals surface area contributed by atoms with Crippen molar-refractivity contribution in [3.8, 4) is 0 Å². The molecule has 0 atom stereocenters. The van der Waals surface area contributed by atoms with E-state index in [9.17, 15) is 4.79 Å². The third kappa shape index (κ3) is 5.35. The number of hydrogen-bond donors (Lipinski definition) is 0. The molecule has 0 aromatic rings. The van der Waals surface area contributed by atoms with E-state index in [1.165, 1.54) is 19.4 Å². The molecule has 0 heterocycles. The summed E-state index contributed by atoms with van der Waals surface area (Å²) < 4.78 is 4.59. The van der Waals surface area contributed by atoms with Gasteiger partial charge >= 0.3 is 0 Å². The Hall–Kier alpha value is -0.790. The summed E-state index contributed by atoms with van der Waals surface area (Å²) >= 11 is 0. The van der Waals surface area contributed by atoms with Crippen molar-refractivity contribution < 1.29 is 9.53 Å². The number of allylic oxidation sites excluding steroid dienone is 1. The van der Waals surface area contributed by atoms with E-state index in [-0.39, 0.29) is 5.78 Å². The summed E-state index contributed by atoms with van der Waals surface area (Å²) in [6.07, 6.45) is 5.55. The first-order valence-electron chi connectivity index (χ1n) is 3.53. The highest BCUT2D eigenvalue weighted by Gasteiger charge is 1.93. The van der Waals surface area contributed by atoms with Crippen LogP contribution < -0.4 is 0 Å². The first-order chi connectivity index (χ1) is 4.81. The second-order valence-corrected chi connectivity index (χ2v) is 2.11.